The summed E-state index contributed by atoms with van der Waals surface area (Å²) in [5, 5.41) is 10.1. The van der Waals surface area contributed by atoms with Gasteiger partial charge in [-0.25, -0.2) is 17.7 Å². The van der Waals surface area contributed by atoms with Crippen LogP contribution in [0.25, 0.3) is 11.0 Å². The van der Waals surface area contributed by atoms with Crippen molar-refractivity contribution in [2.75, 3.05) is 19.4 Å². The zero-order valence-electron chi connectivity index (χ0n) is 13.0. The number of rotatable bonds is 4. The Morgan fingerprint density at radius 2 is 1.88 bits per heavy atom. The predicted octanol–water partition coefficient (Wildman–Crippen LogP) is 1.46. The van der Waals surface area contributed by atoms with Gasteiger partial charge in [0.1, 0.15) is 5.82 Å². The van der Waals surface area contributed by atoms with E-state index in [1.165, 1.54) is 38.4 Å². The van der Waals surface area contributed by atoms with E-state index in [1.54, 1.807) is 18.3 Å². The molecule has 2 aromatic heterocycles. The van der Waals surface area contributed by atoms with Crippen molar-refractivity contribution in [3.63, 3.8) is 0 Å². The number of nitrogens with one attached hydrogen (secondary N) is 2. The number of hydrogen-bond acceptors (Lipinski definition) is 5. The summed E-state index contributed by atoms with van der Waals surface area (Å²) in [5.41, 5.74) is 0.833. The maximum atomic E-state index is 12.3. The first kappa shape index (κ1) is 16.1. The zero-order valence-corrected chi connectivity index (χ0v) is 13.8. The van der Waals surface area contributed by atoms with Crippen molar-refractivity contribution in [1.82, 2.24) is 19.5 Å². The van der Waals surface area contributed by atoms with E-state index >= 15 is 0 Å². The second-order valence-corrected chi connectivity index (χ2v) is 7.39. The second-order valence-electron chi connectivity index (χ2n) is 5.24. The highest BCUT2D eigenvalue weighted by Gasteiger charge is 2.18. The highest BCUT2D eigenvalue weighted by atomic mass is 32.2. The Morgan fingerprint density at radius 1 is 1.17 bits per heavy atom. The maximum absolute atomic E-state index is 12.3. The second kappa shape index (κ2) is 6.02. The molecule has 3 aromatic rings. The van der Waals surface area contributed by atoms with Crippen LogP contribution in [0, 0.1) is 0 Å². The van der Waals surface area contributed by atoms with Gasteiger partial charge in [0.15, 0.2) is 5.65 Å². The molecule has 2 heterocycles. The fourth-order valence-electron chi connectivity index (χ4n) is 2.12. The van der Waals surface area contributed by atoms with Gasteiger partial charge in [0.05, 0.1) is 10.3 Å². The van der Waals surface area contributed by atoms with Crippen LogP contribution in [0.2, 0.25) is 0 Å². The molecule has 3 rings (SSSR count). The van der Waals surface area contributed by atoms with Crippen molar-refractivity contribution in [3.05, 3.63) is 48.2 Å². The lowest BCUT2D eigenvalue weighted by atomic mass is 10.2. The van der Waals surface area contributed by atoms with Crippen LogP contribution in [0.3, 0.4) is 0 Å². The molecular formula is C15H15N5O3S. The molecule has 0 spiro atoms. The van der Waals surface area contributed by atoms with Crippen LogP contribution in [-0.2, 0) is 10.0 Å². The minimum atomic E-state index is -3.52. The van der Waals surface area contributed by atoms with E-state index in [-0.39, 0.29) is 10.8 Å². The molecule has 0 saturated heterocycles. The van der Waals surface area contributed by atoms with Crippen molar-refractivity contribution in [2.24, 2.45) is 0 Å². The number of aromatic nitrogens is 3. The summed E-state index contributed by atoms with van der Waals surface area (Å²) < 4.78 is 25.2. The molecule has 0 radical (unpaired) electrons. The van der Waals surface area contributed by atoms with E-state index < -0.39 is 10.0 Å². The predicted molar refractivity (Wildman–Crippen MR) is 89.2 cm³/mol. The lowest BCUT2D eigenvalue weighted by molar-refractivity contribution is 0.102. The first-order chi connectivity index (χ1) is 11.4. The molecule has 24 heavy (non-hydrogen) atoms. The number of carbonyl (C=O) groups is 1. The van der Waals surface area contributed by atoms with Crippen molar-refractivity contribution < 1.29 is 13.2 Å². The van der Waals surface area contributed by atoms with Crippen molar-refractivity contribution in [3.8, 4) is 0 Å². The lowest BCUT2D eigenvalue weighted by Gasteiger charge is -2.11. The number of aromatic amines is 1. The topological polar surface area (TPSA) is 108 Å². The van der Waals surface area contributed by atoms with Crippen LogP contribution in [0.5, 0.6) is 0 Å². The van der Waals surface area contributed by atoms with Crippen LogP contribution >= 0.6 is 0 Å². The van der Waals surface area contributed by atoms with Gasteiger partial charge < -0.3 is 5.32 Å². The molecule has 2 N–H and O–H groups in total. The van der Waals surface area contributed by atoms with Gasteiger partial charge in [0, 0.05) is 25.9 Å². The summed E-state index contributed by atoms with van der Waals surface area (Å²) in [7, 11) is -0.617. The fraction of sp³-hybridized carbons (Fsp3) is 0.133. The van der Waals surface area contributed by atoms with Gasteiger partial charge in [-0.05, 0) is 36.4 Å². The monoisotopic (exact) mass is 345 g/mol. The number of nitrogens with zero attached hydrogens (tertiary/aromatic N) is 3. The smallest absolute Gasteiger partial charge is 0.256 e. The number of fused-ring (bicyclic) bond motifs is 1. The Hall–Kier alpha value is -2.78. The Balaban J connectivity index is 1.83. The number of hydrogen-bond donors (Lipinski definition) is 2. The first-order valence-electron chi connectivity index (χ1n) is 7.02. The van der Waals surface area contributed by atoms with Crippen LogP contribution < -0.4 is 5.32 Å². The molecule has 0 aliphatic rings. The van der Waals surface area contributed by atoms with Crippen molar-refractivity contribution >= 4 is 32.8 Å². The molecule has 0 bridgehead atoms. The number of pyridine rings is 1. The molecular weight excluding hydrogens is 330 g/mol. The third-order valence-corrected chi connectivity index (χ3v) is 5.29. The molecule has 0 fully saturated rings. The number of carbonyl (C=O) groups excluding carboxylic acids is 1. The number of sulfonamides is 1. The minimum Gasteiger partial charge on any atom is -0.306 e. The summed E-state index contributed by atoms with van der Waals surface area (Å²) in [6.07, 6.45) is 1.61. The molecule has 8 nitrogen and oxygen atoms in total. The Bertz CT molecular complexity index is 993. The summed E-state index contributed by atoms with van der Waals surface area (Å²) in [5.74, 6) is 0.0614. The number of anilines is 1. The van der Waals surface area contributed by atoms with Crippen LogP contribution in [0.15, 0.2) is 47.5 Å². The van der Waals surface area contributed by atoms with Gasteiger partial charge in [-0.1, -0.05) is 0 Å². The van der Waals surface area contributed by atoms with Gasteiger partial charge in [-0.15, -0.1) is 0 Å². The third kappa shape index (κ3) is 2.86. The van der Waals surface area contributed by atoms with Gasteiger partial charge in [0.2, 0.25) is 10.0 Å². The van der Waals surface area contributed by atoms with Crippen molar-refractivity contribution in [2.45, 2.75) is 4.90 Å². The largest absolute Gasteiger partial charge is 0.306 e. The molecule has 0 atom stereocenters. The van der Waals surface area contributed by atoms with E-state index in [2.05, 4.69) is 20.5 Å². The van der Waals surface area contributed by atoms with Crippen LogP contribution in [0.4, 0.5) is 5.82 Å². The molecule has 1 amide bonds. The van der Waals surface area contributed by atoms with Gasteiger partial charge in [-0.3, -0.25) is 9.89 Å². The number of amides is 1. The lowest BCUT2D eigenvalue weighted by Crippen LogP contribution is -2.22. The van der Waals surface area contributed by atoms with Crippen LogP contribution in [-0.4, -0.2) is 47.9 Å². The standard InChI is InChI=1S/C15H15N5O3S/c1-20(2)24(22,23)11-7-5-10(6-8-11)15(21)17-14-12-4-3-9-16-13(12)18-19-14/h3-9H,1-2H3,(H2,16,17,18,19,21). The fourth-order valence-corrected chi connectivity index (χ4v) is 3.02. The van der Waals surface area contributed by atoms with E-state index in [0.717, 1.165) is 4.31 Å². The average Bonchev–Trinajstić information content (AvgIpc) is 2.98. The molecule has 9 heteroatoms. The highest BCUT2D eigenvalue weighted by molar-refractivity contribution is 7.89. The van der Waals surface area contributed by atoms with E-state index in [9.17, 15) is 13.2 Å². The maximum Gasteiger partial charge on any atom is 0.256 e. The first-order valence-corrected chi connectivity index (χ1v) is 8.46. The Kier molecular flexibility index (Phi) is 4.04. The third-order valence-electron chi connectivity index (χ3n) is 3.46. The molecule has 124 valence electrons. The van der Waals surface area contributed by atoms with Gasteiger partial charge in [0.25, 0.3) is 5.91 Å². The molecule has 1 aromatic carbocycles. The number of H-pyrrole nitrogens is 1. The highest BCUT2D eigenvalue weighted by Crippen LogP contribution is 2.19. The molecule has 0 aliphatic carbocycles. The molecule has 0 unspecified atom stereocenters. The summed E-state index contributed by atoms with van der Waals surface area (Å²) in [6.45, 7) is 0. The molecule has 0 saturated carbocycles. The molecule has 0 aliphatic heterocycles. The normalized spacial score (nSPS) is 11.8. The van der Waals surface area contributed by atoms with Gasteiger partial charge >= 0.3 is 0 Å². The Labute approximate surface area is 138 Å². The quantitative estimate of drug-likeness (QED) is 0.744. The van der Waals surface area contributed by atoms with E-state index in [0.29, 0.717) is 22.4 Å². The zero-order chi connectivity index (χ0) is 17.3. The van der Waals surface area contributed by atoms with Crippen LogP contribution in [0.1, 0.15) is 10.4 Å². The minimum absolute atomic E-state index is 0.125. The summed E-state index contributed by atoms with van der Waals surface area (Å²) in [6, 6.07) is 9.25. The van der Waals surface area contributed by atoms with Gasteiger partial charge in [-0.2, -0.15) is 5.10 Å². The summed E-state index contributed by atoms with van der Waals surface area (Å²) in [4.78, 5) is 16.5. The number of benzene rings is 1. The van der Waals surface area contributed by atoms with E-state index in [1.807, 2.05) is 0 Å². The average molecular weight is 345 g/mol. The Morgan fingerprint density at radius 3 is 2.54 bits per heavy atom. The SMILES string of the molecule is CN(C)S(=O)(=O)c1ccc(C(=O)Nc2[nH]nc3ncccc23)cc1. The van der Waals surface area contributed by atoms with E-state index in [4.69, 9.17) is 0 Å². The van der Waals surface area contributed by atoms with Crippen molar-refractivity contribution in [1.29, 1.82) is 0 Å². The summed E-state index contributed by atoms with van der Waals surface area (Å²) >= 11 is 0.